The predicted molar refractivity (Wildman–Crippen MR) is 113 cm³/mol. The lowest BCUT2D eigenvalue weighted by molar-refractivity contribution is -0.126. The molecule has 2 N–H and O–H groups in total. The van der Waals surface area contributed by atoms with E-state index in [0.717, 1.165) is 19.4 Å². The van der Waals surface area contributed by atoms with E-state index >= 15 is 0 Å². The van der Waals surface area contributed by atoms with Crippen LogP contribution in [0.15, 0.2) is 29.1 Å². The highest BCUT2D eigenvalue weighted by atomic mass is 16.2. The fourth-order valence-corrected chi connectivity index (χ4v) is 3.96. The Labute approximate surface area is 166 Å². The van der Waals surface area contributed by atoms with Gasteiger partial charge in [-0.3, -0.25) is 14.6 Å². The number of benzene rings is 1. The third-order valence-electron chi connectivity index (χ3n) is 5.25. The van der Waals surface area contributed by atoms with Crippen molar-refractivity contribution in [1.82, 2.24) is 20.2 Å². The molecule has 1 aliphatic heterocycles. The smallest absolute Gasteiger partial charge is 0.260 e. The number of aromatic nitrogens is 2. The van der Waals surface area contributed by atoms with E-state index in [4.69, 9.17) is 0 Å². The Kier molecular flexibility index (Phi) is 6.03. The second kappa shape index (κ2) is 8.31. The Bertz CT molecular complexity index is 882. The van der Waals surface area contributed by atoms with Gasteiger partial charge in [-0.05, 0) is 44.5 Å². The number of nitrogens with one attached hydrogen (secondary N) is 2. The van der Waals surface area contributed by atoms with Gasteiger partial charge in [0.05, 0.1) is 10.9 Å². The summed E-state index contributed by atoms with van der Waals surface area (Å²) in [6.45, 7) is 7.34. The maximum atomic E-state index is 12.6. The number of amides is 1. The maximum absolute atomic E-state index is 12.6. The number of carbonyl (C=O) groups is 1. The van der Waals surface area contributed by atoms with E-state index in [0.29, 0.717) is 36.5 Å². The van der Waals surface area contributed by atoms with Crippen LogP contribution >= 0.6 is 0 Å². The summed E-state index contributed by atoms with van der Waals surface area (Å²) < 4.78 is 0. The highest BCUT2D eigenvalue weighted by Crippen LogP contribution is 2.22. The van der Waals surface area contributed by atoms with Gasteiger partial charge in [-0.15, -0.1) is 0 Å². The zero-order valence-corrected chi connectivity index (χ0v) is 17.3. The highest BCUT2D eigenvalue weighted by molar-refractivity contribution is 5.79. The Morgan fingerprint density at radius 2 is 1.96 bits per heavy atom. The molecule has 1 saturated heterocycles. The summed E-state index contributed by atoms with van der Waals surface area (Å²) in [6, 6.07) is 7.35. The third-order valence-corrected chi connectivity index (χ3v) is 5.25. The molecule has 0 aliphatic carbocycles. The molecular weight excluding hydrogens is 354 g/mol. The number of rotatable bonds is 6. The van der Waals surface area contributed by atoms with Gasteiger partial charge in [-0.25, -0.2) is 4.98 Å². The molecule has 1 aromatic heterocycles. The first-order valence-electron chi connectivity index (χ1n) is 9.92. The van der Waals surface area contributed by atoms with Crippen molar-refractivity contribution < 1.29 is 4.79 Å². The van der Waals surface area contributed by atoms with Crippen LogP contribution in [0, 0.1) is 11.3 Å². The van der Waals surface area contributed by atoms with Crippen molar-refractivity contribution in [1.29, 1.82) is 0 Å². The van der Waals surface area contributed by atoms with E-state index < -0.39 is 0 Å². The Balaban J connectivity index is 1.57. The lowest BCUT2D eigenvalue weighted by Gasteiger charge is -2.33. The van der Waals surface area contributed by atoms with Crippen LogP contribution in [0.25, 0.3) is 10.9 Å². The molecule has 0 saturated carbocycles. The predicted octanol–water partition coefficient (Wildman–Crippen LogP) is 1.84. The van der Waals surface area contributed by atoms with Crippen molar-refractivity contribution in [3.05, 3.63) is 34.6 Å². The number of fused-ring (bicyclic) bond motifs is 1. The minimum Gasteiger partial charge on any atom is -0.355 e. The highest BCUT2D eigenvalue weighted by Gasteiger charge is 2.28. The molecule has 1 aliphatic rings. The van der Waals surface area contributed by atoms with Crippen LogP contribution < -0.4 is 15.8 Å². The van der Waals surface area contributed by atoms with Crippen molar-refractivity contribution in [2.75, 3.05) is 45.2 Å². The quantitative estimate of drug-likeness (QED) is 0.793. The van der Waals surface area contributed by atoms with Crippen molar-refractivity contribution >= 4 is 22.8 Å². The fraction of sp³-hybridized carbons (Fsp3) is 0.571. The third kappa shape index (κ3) is 4.90. The molecule has 0 atom stereocenters. The Morgan fingerprint density at radius 1 is 1.29 bits per heavy atom. The Morgan fingerprint density at radius 3 is 2.64 bits per heavy atom. The molecule has 152 valence electrons. The molecule has 0 unspecified atom stereocenters. The molecule has 0 bridgehead atoms. The average molecular weight is 386 g/mol. The summed E-state index contributed by atoms with van der Waals surface area (Å²) in [7, 11) is 4.09. The summed E-state index contributed by atoms with van der Waals surface area (Å²) in [5, 5.41) is 3.73. The number of piperidine rings is 1. The van der Waals surface area contributed by atoms with Crippen LogP contribution in [0.2, 0.25) is 0 Å². The molecule has 1 amide bonds. The lowest BCUT2D eigenvalue weighted by atomic mass is 9.91. The van der Waals surface area contributed by atoms with Crippen molar-refractivity contribution in [2.45, 2.75) is 26.7 Å². The topological polar surface area (TPSA) is 81.3 Å². The van der Waals surface area contributed by atoms with E-state index in [-0.39, 0.29) is 22.8 Å². The van der Waals surface area contributed by atoms with Crippen molar-refractivity contribution in [2.24, 2.45) is 11.3 Å². The van der Waals surface area contributed by atoms with Crippen LogP contribution in [0.5, 0.6) is 0 Å². The van der Waals surface area contributed by atoms with Gasteiger partial charge in [-0.2, -0.15) is 0 Å². The molecule has 1 aromatic carbocycles. The zero-order chi connectivity index (χ0) is 20.3. The first-order chi connectivity index (χ1) is 13.2. The van der Waals surface area contributed by atoms with E-state index in [2.05, 4.69) is 38.9 Å². The van der Waals surface area contributed by atoms with Crippen LogP contribution in [0.1, 0.15) is 26.7 Å². The molecule has 2 heterocycles. The molecule has 7 heteroatoms. The molecular formula is C21H31N5O2. The number of anilines is 1. The van der Waals surface area contributed by atoms with Gasteiger partial charge in [0.2, 0.25) is 11.9 Å². The van der Waals surface area contributed by atoms with E-state index in [1.807, 2.05) is 32.3 Å². The van der Waals surface area contributed by atoms with Gasteiger partial charge in [-0.1, -0.05) is 26.0 Å². The molecule has 0 radical (unpaired) electrons. The SMILES string of the molecule is CN(C)CC(C)(C)CNC(=O)C1CCN(c2nc3ccccc3c(=O)[nH]2)CC1. The van der Waals surface area contributed by atoms with Gasteiger partial charge in [0.15, 0.2) is 0 Å². The van der Waals surface area contributed by atoms with Gasteiger partial charge >= 0.3 is 0 Å². The Hall–Kier alpha value is -2.41. The monoisotopic (exact) mass is 385 g/mol. The number of nitrogens with zero attached hydrogens (tertiary/aromatic N) is 3. The minimum absolute atomic E-state index is 0.0126. The van der Waals surface area contributed by atoms with Crippen LogP contribution in [0.3, 0.4) is 0 Å². The molecule has 2 aromatic rings. The normalized spacial score (nSPS) is 16.0. The van der Waals surface area contributed by atoms with Gasteiger partial charge < -0.3 is 15.1 Å². The number of H-pyrrole nitrogens is 1. The summed E-state index contributed by atoms with van der Waals surface area (Å²) in [5.74, 6) is 0.736. The summed E-state index contributed by atoms with van der Waals surface area (Å²) >= 11 is 0. The lowest BCUT2D eigenvalue weighted by Crippen LogP contribution is -2.45. The van der Waals surface area contributed by atoms with E-state index in [9.17, 15) is 9.59 Å². The second-order valence-electron chi connectivity index (χ2n) is 8.79. The molecule has 28 heavy (non-hydrogen) atoms. The zero-order valence-electron chi connectivity index (χ0n) is 17.3. The van der Waals surface area contributed by atoms with Gasteiger partial charge in [0.1, 0.15) is 0 Å². The van der Waals surface area contributed by atoms with E-state index in [1.54, 1.807) is 6.07 Å². The number of carbonyl (C=O) groups excluding carboxylic acids is 1. The van der Waals surface area contributed by atoms with Crippen LogP contribution in [-0.4, -0.2) is 61.0 Å². The number of hydrogen-bond acceptors (Lipinski definition) is 5. The first kappa shape index (κ1) is 20.3. The number of para-hydroxylation sites is 1. The maximum Gasteiger partial charge on any atom is 0.260 e. The number of aromatic amines is 1. The molecule has 1 fully saturated rings. The first-order valence-corrected chi connectivity index (χ1v) is 9.92. The van der Waals surface area contributed by atoms with Gasteiger partial charge in [0, 0.05) is 32.1 Å². The molecule has 0 spiro atoms. The second-order valence-corrected chi connectivity index (χ2v) is 8.79. The molecule has 3 rings (SSSR count). The standard InChI is InChI=1S/C21H31N5O2/c1-21(2,14-25(3)4)13-22-18(27)15-9-11-26(12-10-15)20-23-17-8-6-5-7-16(17)19(28)24-20/h5-8,15H,9-14H2,1-4H3,(H,22,27)(H,23,24,28). The largest absolute Gasteiger partial charge is 0.355 e. The summed E-state index contributed by atoms with van der Waals surface area (Å²) in [5.41, 5.74) is 0.613. The van der Waals surface area contributed by atoms with Crippen molar-refractivity contribution in [3.8, 4) is 0 Å². The summed E-state index contributed by atoms with van der Waals surface area (Å²) in [6.07, 6.45) is 1.52. The van der Waals surface area contributed by atoms with Crippen LogP contribution in [0.4, 0.5) is 5.95 Å². The van der Waals surface area contributed by atoms with Crippen molar-refractivity contribution in [3.63, 3.8) is 0 Å². The van der Waals surface area contributed by atoms with Crippen LogP contribution in [-0.2, 0) is 4.79 Å². The fourth-order valence-electron chi connectivity index (χ4n) is 3.96. The number of hydrogen-bond donors (Lipinski definition) is 2. The average Bonchev–Trinajstić information content (AvgIpc) is 2.65. The summed E-state index contributed by atoms with van der Waals surface area (Å²) in [4.78, 5) is 36.5. The van der Waals surface area contributed by atoms with E-state index in [1.165, 1.54) is 0 Å². The minimum atomic E-state index is -0.122. The molecule has 7 nitrogen and oxygen atoms in total. The van der Waals surface area contributed by atoms with Gasteiger partial charge in [0.25, 0.3) is 5.56 Å².